The molecular weight excluding hydrogens is 278 g/mol. The van der Waals surface area contributed by atoms with E-state index in [9.17, 15) is 4.79 Å². The Morgan fingerprint density at radius 2 is 1.59 bits per heavy atom. The van der Waals surface area contributed by atoms with Crippen LogP contribution in [0.5, 0.6) is 5.75 Å². The van der Waals surface area contributed by atoms with Crippen LogP contribution in [0.25, 0.3) is 0 Å². The summed E-state index contributed by atoms with van der Waals surface area (Å²) in [5, 5.41) is 0. The lowest BCUT2D eigenvalue weighted by Gasteiger charge is -2.24. The SMILES string of the molecule is CN(C)C(COC(=O)COc1ccccc1)c1ccccc1. The maximum atomic E-state index is 11.8. The van der Waals surface area contributed by atoms with Crippen LogP contribution in [0.15, 0.2) is 60.7 Å². The number of rotatable bonds is 7. The number of carbonyl (C=O) groups excluding carboxylic acids is 1. The van der Waals surface area contributed by atoms with Crippen LogP contribution < -0.4 is 4.74 Å². The fourth-order valence-electron chi connectivity index (χ4n) is 2.09. The molecular formula is C18H21NO3. The van der Waals surface area contributed by atoms with Gasteiger partial charge in [0.05, 0.1) is 6.04 Å². The molecule has 0 aliphatic heterocycles. The van der Waals surface area contributed by atoms with E-state index >= 15 is 0 Å². The van der Waals surface area contributed by atoms with Crippen molar-refractivity contribution in [2.24, 2.45) is 0 Å². The van der Waals surface area contributed by atoms with Gasteiger partial charge in [-0.05, 0) is 31.8 Å². The molecule has 0 fully saturated rings. The van der Waals surface area contributed by atoms with E-state index in [1.54, 1.807) is 12.1 Å². The first kappa shape index (κ1) is 16.0. The molecule has 0 aliphatic carbocycles. The normalized spacial score (nSPS) is 12.0. The lowest BCUT2D eigenvalue weighted by Crippen LogP contribution is -2.27. The van der Waals surface area contributed by atoms with Crippen molar-refractivity contribution in [1.82, 2.24) is 4.90 Å². The van der Waals surface area contributed by atoms with Gasteiger partial charge in [0.2, 0.25) is 0 Å². The van der Waals surface area contributed by atoms with Crippen molar-refractivity contribution in [3.8, 4) is 5.75 Å². The second kappa shape index (κ2) is 8.20. The van der Waals surface area contributed by atoms with Gasteiger partial charge in [-0.1, -0.05) is 48.5 Å². The van der Waals surface area contributed by atoms with Crippen molar-refractivity contribution < 1.29 is 14.3 Å². The van der Waals surface area contributed by atoms with E-state index in [1.165, 1.54) is 0 Å². The number of para-hydroxylation sites is 1. The van der Waals surface area contributed by atoms with Crippen molar-refractivity contribution in [3.05, 3.63) is 66.2 Å². The topological polar surface area (TPSA) is 38.8 Å². The van der Waals surface area contributed by atoms with Gasteiger partial charge in [-0.25, -0.2) is 4.79 Å². The van der Waals surface area contributed by atoms with E-state index in [0.29, 0.717) is 12.4 Å². The summed E-state index contributed by atoms with van der Waals surface area (Å²) in [6.45, 7) is 0.215. The molecule has 0 aliphatic rings. The van der Waals surface area contributed by atoms with Gasteiger partial charge in [0.25, 0.3) is 0 Å². The molecule has 1 unspecified atom stereocenters. The number of likely N-dealkylation sites (N-methyl/N-ethyl adjacent to an activating group) is 1. The van der Waals surface area contributed by atoms with Gasteiger partial charge in [-0.15, -0.1) is 0 Å². The molecule has 116 valence electrons. The van der Waals surface area contributed by atoms with Crippen LogP contribution in [0.3, 0.4) is 0 Å². The number of nitrogens with zero attached hydrogens (tertiary/aromatic N) is 1. The third kappa shape index (κ3) is 4.90. The van der Waals surface area contributed by atoms with Crippen LogP contribution >= 0.6 is 0 Å². The maximum absolute atomic E-state index is 11.8. The van der Waals surface area contributed by atoms with Crippen LogP contribution in [0.4, 0.5) is 0 Å². The zero-order valence-corrected chi connectivity index (χ0v) is 12.9. The Kier molecular flexibility index (Phi) is 5.98. The number of hydrogen-bond donors (Lipinski definition) is 0. The number of carbonyl (C=O) groups is 1. The summed E-state index contributed by atoms with van der Waals surface area (Å²) in [6, 6.07) is 19.2. The standard InChI is InChI=1S/C18H21NO3/c1-19(2)17(15-9-5-3-6-10-15)13-22-18(20)14-21-16-11-7-4-8-12-16/h3-12,17H,13-14H2,1-2H3. The molecule has 1 atom stereocenters. The summed E-state index contributed by atoms with van der Waals surface area (Å²) in [7, 11) is 3.93. The second-order valence-electron chi connectivity index (χ2n) is 5.17. The minimum atomic E-state index is -0.369. The zero-order chi connectivity index (χ0) is 15.8. The van der Waals surface area contributed by atoms with Crippen LogP contribution in [0.1, 0.15) is 11.6 Å². The average Bonchev–Trinajstić information content (AvgIpc) is 2.55. The van der Waals surface area contributed by atoms with Gasteiger partial charge in [0.1, 0.15) is 12.4 Å². The molecule has 0 saturated heterocycles. The highest BCUT2D eigenvalue weighted by Crippen LogP contribution is 2.18. The first-order chi connectivity index (χ1) is 10.7. The fourth-order valence-corrected chi connectivity index (χ4v) is 2.09. The minimum absolute atomic E-state index is 0.0295. The first-order valence-corrected chi connectivity index (χ1v) is 7.21. The Balaban J connectivity index is 1.83. The van der Waals surface area contributed by atoms with Crippen molar-refractivity contribution in [3.63, 3.8) is 0 Å². The molecule has 4 nitrogen and oxygen atoms in total. The summed E-state index contributed by atoms with van der Waals surface area (Å²) in [5.41, 5.74) is 1.12. The second-order valence-corrected chi connectivity index (χ2v) is 5.17. The third-order valence-electron chi connectivity index (χ3n) is 3.31. The molecule has 2 aromatic carbocycles. The largest absolute Gasteiger partial charge is 0.482 e. The maximum Gasteiger partial charge on any atom is 0.344 e. The highest BCUT2D eigenvalue weighted by molar-refractivity contribution is 5.71. The van der Waals surface area contributed by atoms with Gasteiger partial charge in [0.15, 0.2) is 6.61 Å². The molecule has 0 radical (unpaired) electrons. The Bertz CT molecular complexity index is 569. The van der Waals surface area contributed by atoms with E-state index in [2.05, 4.69) is 0 Å². The van der Waals surface area contributed by atoms with E-state index in [0.717, 1.165) is 5.56 Å². The first-order valence-electron chi connectivity index (χ1n) is 7.21. The summed E-state index contributed by atoms with van der Waals surface area (Å²) in [5.74, 6) is 0.290. The van der Waals surface area contributed by atoms with Crippen LogP contribution in [-0.2, 0) is 9.53 Å². The van der Waals surface area contributed by atoms with E-state index in [1.807, 2.05) is 67.5 Å². The van der Waals surface area contributed by atoms with Gasteiger partial charge >= 0.3 is 5.97 Å². The molecule has 2 aromatic rings. The van der Waals surface area contributed by atoms with Crippen molar-refractivity contribution >= 4 is 5.97 Å². The third-order valence-corrected chi connectivity index (χ3v) is 3.31. The van der Waals surface area contributed by atoms with Crippen LogP contribution in [0.2, 0.25) is 0 Å². The van der Waals surface area contributed by atoms with Gasteiger partial charge in [-0.2, -0.15) is 0 Å². The minimum Gasteiger partial charge on any atom is -0.482 e. The molecule has 0 heterocycles. The molecule has 0 amide bonds. The highest BCUT2D eigenvalue weighted by Gasteiger charge is 2.16. The van der Waals surface area contributed by atoms with Gasteiger partial charge < -0.3 is 9.47 Å². The molecule has 0 aromatic heterocycles. The Hall–Kier alpha value is -2.33. The van der Waals surface area contributed by atoms with Gasteiger partial charge in [0, 0.05) is 0 Å². The molecule has 4 heteroatoms. The predicted octanol–water partition coefficient (Wildman–Crippen LogP) is 2.91. The summed E-state index contributed by atoms with van der Waals surface area (Å²) in [6.07, 6.45) is 0. The Labute approximate surface area is 131 Å². The average molecular weight is 299 g/mol. The van der Waals surface area contributed by atoms with Crippen LogP contribution in [-0.4, -0.2) is 38.2 Å². The fraction of sp³-hybridized carbons (Fsp3) is 0.278. The molecule has 0 saturated carbocycles. The van der Waals surface area contributed by atoms with Crippen molar-refractivity contribution in [1.29, 1.82) is 0 Å². The Morgan fingerprint density at radius 3 is 2.18 bits per heavy atom. The number of esters is 1. The molecule has 22 heavy (non-hydrogen) atoms. The summed E-state index contributed by atoms with van der Waals surface area (Å²) >= 11 is 0. The summed E-state index contributed by atoms with van der Waals surface area (Å²) in [4.78, 5) is 13.8. The number of ether oxygens (including phenoxy) is 2. The zero-order valence-electron chi connectivity index (χ0n) is 12.9. The summed E-state index contributed by atoms with van der Waals surface area (Å²) < 4.78 is 10.7. The number of benzene rings is 2. The molecule has 2 rings (SSSR count). The highest BCUT2D eigenvalue weighted by atomic mass is 16.6. The van der Waals surface area contributed by atoms with Gasteiger partial charge in [-0.3, -0.25) is 4.90 Å². The van der Waals surface area contributed by atoms with Crippen molar-refractivity contribution in [2.75, 3.05) is 27.3 Å². The lowest BCUT2D eigenvalue weighted by molar-refractivity contribution is -0.147. The molecule has 0 N–H and O–H groups in total. The van der Waals surface area contributed by atoms with Crippen molar-refractivity contribution in [2.45, 2.75) is 6.04 Å². The number of hydrogen-bond acceptors (Lipinski definition) is 4. The van der Waals surface area contributed by atoms with E-state index < -0.39 is 0 Å². The smallest absolute Gasteiger partial charge is 0.344 e. The van der Waals surface area contributed by atoms with Crippen LogP contribution in [0, 0.1) is 0 Å². The quantitative estimate of drug-likeness (QED) is 0.737. The molecule has 0 bridgehead atoms. The van der Waals surface area contributed by atoms with E-state index in [4.69, 9.17) is 9.47 Å². The Morgan fingerprint density at radius 1 is 1.00 bits per heavy atom. The predicted molar refractivity (Wildman–Crippen MR) is 85.8 cm³/mol. The molecule has 0 spiro atoms. The lowest BCUT2D eigenvalue weighted by atomic mass is 10.1. The van der Waals surface area contributed by atoms with E-state index in [-0.39, 0.29) is 18.6 Å². The monoisotopic (exact) mass is 299 g/mol.